The number of amides is 1. The molecule has 0 spiro atoms. The number of carbonyl (C=O) groups is 1. The van der Waals surface area contributed by atoms with E-state index in [1.807, 2.05) is 29.1 Å². The van der Waals surface area contributed by atoms with Crippen molar-refractivity contribution in [1.29, 1.82) is 0 Å². The van der Waals surface area contributed by atoms with Gasteiger partial charge in [0.15, 0.2) is 5.69 Å². The first-order valence-corrected chi connectivity index (χ1v) is 12.0. The van der Waals surface area contributed by atoms with Gasteiger partial charge >= 0.3 is 0 Å². The van der Waals surface area contributed by atoms with E-state index >= 15 is 0 Å². The first-order chi connectivity index (χ1) is 15.6. The van der Waals surface area contributed by atoms with Crippen molar-refractivity contribution in [1.82, 2.24) is 20.0 Å². The van der Waals surface area contributed by atoms with Gasteiger partial charge < -0.3 is 14.6 Å². The van der Waals surface area contributed by atoms with Crippen LogP contribution in [0.4, 0.5) is 0 Å². The topological polar surface area (TPSA) is 63.3 Å². The van der Waals surface area contributed by atoms with Crippen molar-refractivity contribution in [3.05, 3.63) is 76.3 Å². The molecule has 1 aromatic carbocycles. The molecule has 0 bridgehead atoms. The van der Waals surface area contributed by atoms with Crippen molar-refractivity contribution >= 4 is 27.3 Å². The Bertz CT molecular complexity index is 1190. The third kappa shape index (κ3) is 4.10. The van der Waals surface area contributed by atoms with Crippen molar-refractivity contribution in [3.63, 3.8) is 0 Å². The molecule has 32 heavy (non-hydrogen) atoms. The van der Waals surface area contributed by atoms with E-state index in [0.717, 1.165) is 43.5 Å². The van der Waals surface area contributed by atoms with Crippen molar-refractivity contribution in [3.8, 4) is 0 Å². The van der Waals surface area contributed by atoms with E-state index in [-0.39, 0.29) is 5.91 Å². The maximum Gasteiger partial charge on any atom is 0.274 e. The van der Waals surface area contributed by atoms with Gasteiger partial charge in [-0.1, -0.05) is 18.2 Å². The molecule has 5 rings (SSSR count). The van der Waals surface area contributed by atoms with Crippen LogP contribution in [-0.2, 0) is 32.5 Å². The van der Waals surface area contributed by atoms with E-state index in [4.69, 9.17) is 9.52 Å². The van der Waals surface area contributed by atoms with E-state index in [0.29, 0.717) is 18.3 Å². The molecular formula is C25H28N4O2S. The van der Waals surface area contributed by atoms with Crippen LogP contribution < -0.4 is 5.32 Å². The van der Waals surface area contributed by atoms with Crippen molar-refractivity contribution < 1.29 is 9.21 Å². The van der Waals surface area contributed by atoms with E-state index in [9.17, 15) is 4.79 Å². The number of hydrogen-bond donors (Lipinski definition) is 1. The largest absolute Gasteiger partial charge is 0.472 e. The minimum Gasteiger partial charge on any atom is -0.472 e. The normalized spacial score (nSPS) is 15.8. The molecule has 1 N–H and O–H groups in total. The summed E-state index contributed by atoms with van der Waals surface area (Å²) in [6, 6.07) is 13.0. The minimum atomic E-state index is -0.0280. The molecule has 7 heteroatoms. The number of nitrogens with zero attached hydrogens (tertiary/aromatic N) is 3. The standard InChI is InChI=1S/C25H28N4O2S/c1-3-29-22-9-8-19(26-14-20-12-18-6-4-5-7-23(18)32-20)13-21(22)24(27-29)25(30)28(2)15-17-10-11-31-16-17/h4-7,10-12,16,19,26H,3,8-9,13-15H2,1-2H3. The van der Waals surface area contributed by atoms with E-state index in [1.54, 1.807) is 17.4 Å². The average molecular weight is 449 g/mol. The Morgan fingerprint density at radius 2 is 2.22 bits per heavy atom. The van der Waals surface area contributed by atoms with Gasteiger partial charge in [0.05, 0.1) is 12.5 Å². The van der Waals surface area contributed by atoms with Crippen molar-refractivity contribution in [2.24, 2.45) is 0 Å². The zero-order valence-corrected chi connectivity index (χ0v) is 19.3. The summed E-state index contributed by atoms with van der Waals surface area (Å²) in [7, 11) is 1.83. The monoisotopic (exact) mass is 448 g/mol. The van der Waals surface area contributed by atoms with E-state index in [1.165, 1.54) is 20.7 Å². The first kappa shape index (κ1) is 21.0. The maximum absolute atomic E-state index is 13.3. The summed E-state index contributed by atoms with van der Waals surface area (Å²) in [5, 5.41) is 9.76. The van der Waals surface area contributed by atoms with Crippen LogP contribution in [0.2, 0.25) is 0 Å². The van der Waals surface area contributed by atoms with E-state index in [2.05, 4.69) is 42.6 Å². The van der Waals surface area contributed by atoms with Crippen LogP contribution in [0.3, 0.4) is 0 Å². The lowest BCUT2D eigenvalue weighted by Crippen LogP contribution is -2.35. The molecule has 1 aliphatic carbocycles. The van der Waals surface area contributed by atoms with Crippen LogP contribution in [0.25, 0.3) is 10.1 Å². The molecule has 0 saturated heterocycles. The number of aromatic nitrogens is 2. The predicted octanol–water partition coefficient (Wildman–Crippen LogP) is 4.63. The predicted molar refractivity (Wildman–Crippen MR) is 127 cm³/mol. The van der Waals surface area contributed by atoms with Crippen LogP contribution >= 0.6 is 11.3 Å². The zero-order chi connectivity index (χ0) is 22.1. The number of benzene rings is 1. The van der Waals surface area contributed by atoms with Gasteiger partial charge in [-0.3, -0.25) is 9.48 Å². The number of fused-ring (bicyclic) bond motifs is 2. The third-order valence-corrected chi connectivity index (χ3v) is 7.35. The molecule has 1 amide bonds. The fraction of sp³-hybridized carbons (Fsp3) is 0.360. The summed E-state index contributed by atoms with van der Waals surface area (Å²) in [6.45, 7) is 4.23. The number of aryl methyl sites for hydroxylation is 1. The third-order valence-electron chi connectivity index (χ3n) is 6.24. The molecule has 3 heterocycles. The van der Waals surface area contributed by atoms with Crippen LogP contribution in [0.15, 0.2) is 53.3 Å². The first-order valence-electron chi connectivity index (χ1n) is 11.2. The highest BCUT2D eigenvalue weighted by Crippen LogP contribution is 2.28. The lowest BCUT2D eigenvalue weighted by Gasteiger charge is -2.25. The van der Waals surface area contributed by atoms with Crippen LogP contribution in [0.5, 0.6) is 0 Å². The molecule has 166 valence electrons. The van der Waals surface area contributed by atoms with Gasteiger partial charge in [-0.05, 0) is 49.8 Å². The number of thiophene rings is 1. The fourth-order valence-electron chi connectivity index (χ4n) is 4.57. The molecule has 6 nitrogen and oxygen atoms in total. The van der Waals surface area contributed by atoms with Gasteiger partial charge in [0.25, 0.3) is 5.91 Å². The molecule has 1 aliphatic rings. The minimum absolute atomic E-state index is 0.0280. The Kier molecular flexibility index (Phi) is 5.85. The summed E-state index contributed by atoms with van der Waals surface area (Å²) in [4.78, 5) is 16.3. The summed E-state index contributed by atoms with van der Waals surface area (Å²) in [6.07, 6.45) is 6.15. The van der Waals surface area contributed by atoms with Gasteiger partial charge in [0.1, 0.15) is 0 Å². The number of rotatable bonds is 7. The zero-order valence-electron chi connectivity index (χ0n) is 18.5. The second-order valence-corrected chi connectivity index (χ2v) is 9.62. The summed E-state index contributed by atoms with van der Waals surface area (Å²) < 4.78 is 8.48. The molecule has 1 unspecified atom stereocenters. The van der Waals surface area contributed by atoms with Crippen molar-refractivity contribution in [2.75, 3.05) is 7.05 Å². The smallest absolute Gasteiger partial charge is 0.274 e. The van der Waals surface area contributed by atoms with Gasteiger partial charge in [0.2, 0.25) is 0 Å². The highest BCUT2D eigenvalue weighted by molar-refractivity contribution is 7.19. The Labute approximate surface area is 191 Å². The van der Waals surface area contributed by atoms with Crippen molar-refractivity contribution in [2.45, 2.75) is 51.9 Å². The number of nitrogens with one attached hydrogen (secondary N) is 1. The molecule has 0 radical (unpaired) electrons. The molecule has 0 saturated carbocycles. The molecule has 4 aromatic rings. The summed E-state index contributed by atoms with van der Waals surface area (Å²) in [5.41, 5.74) is 3.90. The quantitative estimate of drug-likeness (QED) is 0.448. The Morgan fingerprint density at radius 1 is 1.34 bits per heavy atom. The Balaban J connectivity index is 1.31. The Morgan fingerprint density at radius 3 is 3.00 bits per heavy atom. The van der Waals surface area contributed by atoms with Gasteiger partial charge in [-0.15, -0.1) is 11.3 Å². The molecule has 0 fully saturated rings. The highest BCUT2D eigenvalue weighted by atomic mass is 32.1. The number of furan rings is 1. The SMILES string of the molecule is CCn1nc(C(=O)N(C)Cc2ccoc2)c2c1CCC(NCc1cc3ccccc3s1)C2. The van der Waals surface area contributed by atoms with Gasteiger partial charge in [0, 0.05) is 59.1 Å². The summed E-state index contributed by atoms with van der Waals surface area (Å²) >= 11 is 1.85. The maximum atomic E-state index is 13.3. The lowest BCUT2D eigenvalue weighted by molar-refractivity contribution is 0.0777. The number of hydrogen-bond acceptors (Lipinski definition) is 5. The molecular weight excluding hydrogens is 420 g/mol. The van der Waals surface area contributed by atoms with Crippen LogP contribution in [-0.4, -0.2) is 33.7 Å². The van der Waals surface area contributed by atoms with Crippen LogP contribution in [0, 0.1) is 0 Å². The second kappa shape index (κ2) is 8.92. The molecule has 0 aliphatic heterocycles. The molecule has 1 atom stereocenters. The Hall–Kier alpha value is -2.90. The van der Waals surface area contributed by atoms with Crippen LogP contribution in [0.1, 0.15) is 45.5 Å². The number of carbonyl (C=O) groups excluding carboxylic acids is 1. The van der Waals surface area contributed by atoms with Gasteiger partial charge in [-0.25, -0.2) is 0 Å². The second-order valence-electron chi connectivity index (χ2n) is 8.45. The van der Waals surface area contributed by atoms with E-state index < -0.39 is 0 Å². The summed E-state index contributed by atoms with van der Waals surface area (Å²) in [5.74, 6) is -0.0280. The molecule has 3 aromatic heterocycles. The fourth-order valence-corrected chi connectivity index (χ4v) is 5.59. The van der Waals surface area contributed by atoms with Gasteiger partial charge in [-0.2, -0.15) is 5.10 Å². The highest BCUT2D eigenvalue weighted by Gasteiger charge is 2.30. The lowest BCUT2D eigenvalue weighted by atomic mass is 9.91. The average Bonchev–Trinajstić information content (AvgIpc) is 3.54.